The van der Waals surface area contributed by atoms with Crippen LogP contribution in [0, 0.1) is 0 Å². The van der Waals surface area contributed by atoms with Crippen LogP contribution in [0.25, 0.3) is 0 Å². The first kappa shape index (κ1) is 17.8. The summed E-state index contributed by atoms with van der Waals surface area (Å²) >= 11 is 6.12. The van der Waals surface area contributed by atoms with E-state index in [0.29, 0.717) is 17.2 Å². The van der Waals surface area contributed by atoms with Gasteiger partial charge in [-0.15, -0.1) is 0 Å². The van der Waals surface area contributed by atoms with Crippen molar-refractivity contribution in [2.24, 2.45) is 0 Å². The number of halogens is 1. The number of ether oxygens (including phenoxy) is 1. The Hall–Kier alpha value is -2.04. The quantitative estimate of drug-likeness (QED) is 0.885. The highest BCUT2D eigenvalue weighted by Gasteiger charge is 2.19. The third-order valence-electron chi connectivity index (χ3n) is 4.52. The molecule has 1 fully saturated rings. The molecule has 1 aliphatic heterocycles. The molecule has 0 saturated carbocycles. The van der Waals surface area contributed by atoms with Crippen LogP contribution in [0.2, 0.25) is 5.02 Å². The minimum atomic E-state index is -0.0211. The maximum absolute atomic E-state index is 12.3. The first-order valence-corrected chi connectivity index (χ1v) is 8.95. The Balaban J connectivity index is 1.53. The fourth-order valence-corrected chi connectivity index (χ4v) is 3.09. The van der Waals surface area contributed by atoms with E-state index >= 15 is 0 Å². The molecular formula is C20H23ClN2O2. The number of benzene rings is 2. The molecule has 132 valence electrons. The Labute approximate surface area is 153 Å². The Kier molecular flexibility index (Phi) is 5.95. The minimum Gasteiger partial charge on any atom is -0.489 e. The number of piperidine rings is 1. The second kappa shape index (κ2) is 8.37. The van der Waals surface area contributed by atoms with Crippen molar-refractivity contribution in [1.82, 2.24) is 10.2 Å². The summed E-state index contributed by atoms with van der Waals surface area (Å²) in [4.78, 5) is 14.6. The topological polar surface area (TPSA) is 41.6 Å². The Morgan fingerprint density at radius 2 is 1.84 bits per heavy atom. The van der Waals surface area contributed by atoms with Gasteiger partial charge in [0.1, 0.15) is 12.4 Å². The van der Waals surface area contributed by atoms with E-state index in [-0.39, 0.29) is 11.9 Å². The largest absolute Gasteiger partial charge is 0.489 e. The summed E-state index contributed by atoms with van der Waals surface area (Å²) in [5, 5.41) is 3.81. The summed E-state index contributed by atoms with van der Waals surface area (Å²) in [7, 11) is 2.11. The molecule has 1 N–H and O–H groups in total. The van der Waals surface area contributed by atoms with Gasteiger partial charge in [-0.3, -0.25) is 4.79 Å². The Morgan fingerprint density at radius 3 is 2.52 bits per heavy atom. The van der Waals surface area contributed by atoms with Crippen molar-refractivity contribution in [1.29, 1.82) is 0 Å². The molecule has 1 aliphatic rings. The number of rotatable bonds is 5. The van der Waals surface area contributed by atoms with Crippen molar-refractivity contribution < 1.29 is 9.53 Å². The van der Waals surface area contributed by atoms with Crippen molar-refractivity contribution in [3.05, 3.63) is 64.7 Å². The third-order valence-corrected chi connectivity index (χ3v) is 4.89. The van der Waals surface area contributed by atoms with Gasteiger partial charge in [0.2, 0.25) is 0 Å². The van der Waals surface area contributed by atoms with Crippen molar-refractivity contribution in [3.63, 3.8) is 0 Å². The van der Waals surface area contributed by atoms with E-state index in [1.165, 1.54) is 0 Å². The van der Waals surface area contributed by atoms with Crippen LogP contribution < -0.4 is 10.1 Å². The normalized spacial score (nSPS) is 15.8. The minimum absolute atomic E-state index is 0.0211. The van der Waals surface area contributed by atoms with E-state index in [2.05, 4.69) is 17.3 Å². The average molecular weight is 359 g/mol. The fourth-order valence-electron chi connectivity index (χ4n) is 2.90. The highest BCUT2D eigenvalue weighted by molar-refractivity contribution is 6.31. The lowest BCUT2D eigenvalue weighted by Crippen LogP contribution is -2.43. The molecule has 0 bridgehead atoms. The molecule has 1 heterocycles. The summed E-state index contributed by atoms with van der Waals surface area (Å²) in [6.45, 7) is 2.46. The summed E-state index contributed by atoms with van der Waals surface area (Å²) < 4.78 is 5.75. The van der Waals surface area contributed by atoms with Crippen molar-refractivity contribution in [2.75, 3.05) is 20.1 Å². The third kappa shape index (κ3) is 4.97. The Bertz CT molecular complexity index is 710. The summed E-state index contributed by atoms with van der Waals surface area (Å²) in [6.07, 6.45) is 2.00. The standard InChI is InChI=1S/C20H23ClN2O2/c1-23-12-10-17(11-13-23)22-20(24)15-6-8-18(9-7-15)25-14-16-4-2-3-5-19(16)21/h2-9,17H,10-14H2,1H3,(H,22,24). The maximum Gasteiger partial charge on any atom is 0.251 e. The predicted octanol–water partition coefficient (Wildman–Crippen LogP) is 3.74. The molecule has 2 aromatic rings. The van der Waals surface area contributed by atoms with Crippen LogP contribution in [-0.2, 0) is 6.61 Å². The number of carbonyl (C=O) groups excluding carboxylic acids is 1. The molecule has 0 atom stereocenters. The highest BCUT2D eigenvalue weighted by Crippen LogP contribution is 2.19. The van der Waals surface area contributed by atoms with Crippen LogP contribution in [0.3, 0.4) is 0 Å². The molecule has 3 rings (SSSR count). The van der Waals surface area contributed by atoms with Crippen LogP contribution in [-0.4, -0.2) is 37.0 Å². The van der Waals surface area contributed by atoms with E-state index in [1.807, 2.05) is 36.4 Å². The molecule has 0 unspecified atom stereocenters. The molecule has 1 amide bonds. The van der Waals surface area contributed by atoms with Gasteiger partial charge < -0.3 is 15.0 Å². The maximum atomic E-state index is 12.3. The fraction of sp³-hybridized carbons (Fsp3) is 0.350. The number of nitrogens with zero attached hydrogens (tertiary/aromatic N) is 1. The van der Waals surface area contributed by atoms with Crippen LogP contribution in [0.4, 0.5) is 0 Å². The lowest BCUT2D eigenvalue weighted by molar-refractivity contribution is 0.0917. The molecule has 2 aromatic carbocycles. The zero-order valence-corrected chi connectivity index (χ0v) is 15.1. The molecule has 5 heteroatoms. The van der Waals surface area contributed by atoms with Crippen LogP contribution in [0.5, 0.6) is 5.75 Å². The molecule has 4 nitrogen and oxygen atoms in total. The van der Waals surface area contributed by atoms with E-state index in [1.54, 1.807) is 12.1 Å². The number of amides is 1. The smallest absolute Gasteiger partial charge is 0.251 e. The summed E-state index contributed by atoms with van der Waals surface area (Å²) in [5.74, 6) is 0.697. The monoisotopic (exact) mass is 358 g/mol. The van der Waals surface area contributed by atoms with Gasteiger partial charge in [0.25, 0.3) is 5.91 Å². The number of carbonyl (C=O) groups is 1. The molecule has 1 saturated heterocycles. The van der Waals surface area contributed by atoms with Gasteiger partial charge in [-0.05, 0) is 63.3 Å². The molecule has 0 aromatic heterocycles. The van der Waals surface area contributed by atoms with E-state index in [9.17, 15) is 4.79 Å². The Morgan fingerprint density at radius 1 is 1.16 bits per heavy atom. The van der Waals surface area contributed by atoms with Gasteiger partial charge in [-0.1, -0.05) is 29.8 Å². The summed E-state index contributed by atoms with van der Waals surface area (Å²) in [5.41, 5.74) is 1.59. The molecule has 0 aliphatic carbocycles. The second-order valence-electron chi connectivity index (χ2n) is 6.46. The van der Waals surface area contributed by atoms with Gasteiger partial charge in [-0.2, -0.15) is 0 Å². The van der Waals surface area contributed by atoms with Crippen LogP contribution in [0.1, 0.15) is 28.8 Å². The number of hydrogen-bond donors (Lipinski definition) is 1. The lowest BCUT2D eigenvalue weighted by Gasteiger charge is -2.29. The van der Waals surface area contributed by atoms with Crippen LogP contribution >= 0.6 is 11.6 Å². The van der Waals surface area contributed by atoms with E-state index in [4.69, 9.17) is 16.3 Å². The SMILES string of the molecule is CN1CCC(NC(=O)c2ccc(OCc3ccccc3Cl)cc2)CC1. The van der Waals surface area contributed by atoms with Gasteiger partial charge in [0, 0.05) is 22.2 Å². The van der Waals surface area contributed by atoms with Gasteiger partial charge in [-0.25, -0.2) is 0 Å². The van der Waals surface area contributed by atoms with Gasteiger partial charge in [0.15, 0.2) is 0 Å². The predicted molar refractivity (Wildman–Crippen MR) is 100 cm³/mol. The van der Waals surface area contributed by atoms with Gasteiger partial charge in [0.05, 0.1) is 0 Å². The number of nitrogens with one attached hydrogen (secondary N) is 1. The first-order chi connectivity index (χ1) is 12.1. The van der Waals surface area contributed by atoms with Gasteiger partial charge >= 0.3 is 0 Å². The second-order valence-corrected chi connectivity index (χ2v) is 6.86. The first-order valence-electron chi connectivity index (χ1n) is 8.57. The van der Waals surface area contributed by atoms with E-state index in [0.717, 1.165) is 37.2 Å². The zero-order valence-electron chi connectivity index (χ0n) is 14.4. The molecule has 0 radical (unpaired) electrons. The van der Waals surface area contributed by atoms with Crippen LogP contribution in [0.15, 0.2) is 48.5 Å². The lowest BCUT2D eigenvalue weighted by atomic mass is 10.0. The molecular weight excluding hydrogens is 336 g/mol. The summed E-state index contributed by atoms with van der Waals surface area (Å²) in [6, 6.07) is 15.1. The van der Waals surface area contributed by atoms with Crippen molar-refractivity contribution in [3.8, 4) is 5.75 Å². The number of likely N-dealkylation sites (tertiary alicyclic amines) is 1. The highest BCUT2D eigenvalue weighted by atomic mass is 35.5. The zero-order chi connectivity index (χ0) is 17.6. The molecule has 25 heavy (non-hydrogen) atoms. The number of hydrogen-bond acceptors (Lipinski definition) is 3. The van der Waals surface area contributed by atoms with Crippen molar-refractivity contribution in [2.45, 2.75) is 25.5 Å². The average Bonchev–Trinajstić information content (AvgIpc) is 2.63. The van der Waals surface area contributed by atoms with E-state index < -0.39 is 0 Å². The molecule has 0 spiro atoms. The van der Waals surface area contributed by atoms with Crippen molar-refractivity contribution >= 4 is 17.5 Å².